The van der Waals surface area contributed by atoms with Crippen LogP contribution in [0.1, 0.15) is 5.56 Å². The molecule has 20 heavy (non-hydrogen) atoms. The quantitative estimate of drug-likeness (QED) is 0.802. The summed E-state index contributed by atoms with van der Waals surface area (Å²) in [6.45, 7) is 1.84. The van der Waals surface area contributed by atoms with Gasteiger partial charge in [0.05, 0.1) is 16.4 Å². The fraction of sp³-hybridized carbons (Fsp3) is 0.0769. The first kappa shape index (κ1) is 15.2. The maximum Gasteiger partial charge on any atom is 0.263 e. The van der Waals surface area contributed by atoms with Gasteiger partial charge in [0.25, 0.3) is 10.0 Å². The highest BCUT2D eigenvalue weighted by Crippen LogP contribution is 2.29. The van der Waals surface area contributed by atoms with Crippen molar-refractivity contribution in [3.63, 3.8) is 0 Å². The van der Waals surface area contributed by atoms with Crippen LogP contribution < -0.4 is 10.5 Å². The van der Waals surface area contributed by atoms with Crippen LogP contribution in [-0.4, -0.2) is 8.42 Å². The highest BCUT2D eigenvalue weighted by Gasteiger charge is 2.18. The molecule has 0 heterocycles. The molecule has 0 saturated carbocycles. The Morgan fingerprint density at radius 3 is 2.55 bits per heavy atom. The van der Waals surface area contributed by atoms with Crippen LogP contribution in [0.2, 0.25) is 5.02 Å². The summed E-state index contributed by atoms with van der Waals surface area (Å²) in [5, 5.41) is 0.308. The maximum atomic E-state index is 12.3. The molecule has 0 aliphatic heterocycles. The van der Waals surface area contributed by atoms with Crippen LogP contribution in [0.5, 0.6) is 0 Å². The molecule has 0 saturated heterocycles. The Morgan fingerprint density at radius 2 is 1.90 bits per heavy atom. The largest absolute Gasteiger partial charge is 0.398 e. The van der Waals surface area contributed by atoms with E-state index in [2.05, 4.69) is 20.7 Å². The van der Waals surface area contributed by atoms with E-state index in [1.54, 1.807) is 30.3 Å². The molecule has 3 N–H and O–H groups in total. The molecule has 0 fully saturated rings. The summed E-state index contributed by atoms with van der Waals surface area (Å²) >= 11 is 9.24. The second kappa shape index (κ2) is 5.63. The van der Waals surface area contributed by atoms with E-state index in [4.69, 9.17) is 17.3 Å². The molecular weight excluding hydrogens is 364 g/mol. The molecule has 2 rings (SSSR count). The molecular formula is C13H12BrClN2O2S. The van der Waals surface area contributed by atoms with Crippen molar-refractivity contribution in [2.75, 3.05) is 10.5 Å². The SMILES string of the molecule is Cc1ccc(S(=O)(=O)Nc2cc(Br)ccc2Cl)c(N)c1. The van der Waals surface area contributed by atoms with E-state index >= 15 is 0 Å². The summed E-state index contributed by atoms with van der Waals surface area (Å²) in [6, 6.07) is 9.68. The van der Waals surface area contributed by atoms with Gasteiger partial charge in [-0.15, -0.1) is 0 Å². The van der Waals surface area contributed by atoms with Crippen molar-refractivity contribution >= 4 is 48.9 Å². The minimum absolute atomic E-state index is 0.0270. The number of aryl methyl sites for hydroxylation is 1. The Bertz CT molecular complexity index is 763. The zero-order chi connectivity index (χ0) is 14.9. The molecule has 2 aromatic rings. The Labute approximate surface area is 131 Å². The van der Waals surface area contributed by atoms with Gasteiger partial charge in [0, 0.05) is 4.47 Å². The molecule has 0 radical (unpaired) electrons. The smallest absolute Gasteiger partial charge is 0.263 e. The summed E-state index contributed by atoms with van der Waals surface area (Å²) < 4.78 is 27.8. The van der Waals surface area contributed by atoms with Gasteiger partial charge in [0.1, 0.15) is 4.90 Å². The van der Waals surface area contributed by atoms with Gasteiger partial charge in [-0.25, -0.2) is 8.42 Å². The van der Waals surface area contributed by atoms with Crippen molar-refractivity contribution in [1.82, 2.24) is 0 Å². The van der Waals surface area contributed by atoms with Crippen molar-refractivity contribution in [2.24, 2.45) is 0 Å². The van der Waals surface area contributed by atoms with Crippen LogP contribution in [0.3, 0.4) is 0 Å². The molecule has 0 unspecified atom stereocenters. The second-order valence-electron chi connectivity index (χ2n) is 4.27. The highest BCUT2D eigenvalue weighted by atomic mass is 79.9. The lowest BCUT2D eigenvalue weighted by atomic mass is 10.2. The van der Waals surface area contributed by atoms with Crippen molar-refractivity contribution in [1.29, 1.82) is 0 Å². The number of nitrogen functional groups attached to an aromatic ring is 1. The first-order chi connectivity index (χ1) is 9.29. The third kappa shape index (κ3) is 3.26. The molecule has 106 valence electrons. The lowest BCUT2D eigenvalue weighted by Gasteiger charge is -2.12. The third-order valence-electron chi connectivity index (χ3n) is 2.63. The van der Waals surface area contributed by atoms with Gasteiger partial charge >= 0.3 is 0 Å². The number of rotatable bonds is 3. The standard InChI is InChI=1S/C13H12BrClN2O2S/c1-8-2-5-13(11(16)6-8)20(18,19)17-12-7-9(14)3-4-10(12)15/h2-7,17H,16H2,1H3. The molecule has 0 spiro atoms. The van der Waals surface area contributed by atoms with Gasteiger partial charge in [-0.05, 0) is 42.8 Å². The van der Waals surface area contributed by atoms with Crippen molar-refractivity contribution in [3.05, 3.63) is 51.5 Å². The number of sulfonamides is 1. The van der Waals surface area contributed by atoms with E-state index in [1.165, 1.54) is 6.07 Å². The summed E-state index contributed by atoms with van der Waals surface area (Å²) in [5.74, 6) is 0. The Hall–Kier alpha value is -1.24. The number of hydrogen-bond donors (Lipinski definition) is 2. The van der Waals surface area contributed by atoms with Gasteiger partial charge in [0.2, 0.25) is 0 Å². The minimum atomic E-state index is -3.78. The van der Waals surface area contributed by atoms with Crippen molar-refractivity contribution < 1.29 is 8.42 Å². The van der Waals surface area contributed by atoms with Crippen molar-refractivity contribution in [2.45, 2.75) is 11.8 Å². The van der Waals surface area contributed by atoms with Gasteiger partial charge in [0.15, 0.2) is 0 Å². The van der Waals surface area contributed by atoms with Crippen LogP contribution >= 0.6 is 27.5 Å². The second-order valence-corrected chi connectivity index (χ2v) is 7.24. The van der Waals surface area contributed by atoms with E-state index < -0.39 is 10.0 Å². The van der Waals surface area contributed by atoms with Gasteiger partial charge < -0.3 is 5.73 Å². The molecule has 0 amide bonds. The van der Waals surface area contributed by atoms with E-state index in [0.29, 0.717) is 10.7 Å². The van der Waals surface area contributed by atoms with E-state index in [-0.39, 0.29) is 10.6 Å². The number of benzene rings is 2. The molecule has 0 aliphatic carbocycles. The molecule has 4 nitrogen and oxygen atoms in total. The number of halogens is 2. The first-order valence-corrected chi connectivity index (χ1v) is 8.29. The molecule has 0 atom stereocenters. The Morgan fingerprint density at radius 1 is 1.20 bits per heavy atom. The van der Waals surface area contributed by atoms with Crippen LogP contribution in [0.15, 0.2) is 45.8 Å². The first-order valence-electron chi connectivity index (χ1n) is 5.63. The maximum absolute atomic E-state index is 12.3. The summed E-state index contributed by atoms with van der Waals surface area (Å²) in [4.78, 5) is 0.0270. The van der Waals surface area contributed by atoms with Crippen LogP contribution in [-0.2, 0) is 10.0 Å². The highest BCUT2D eigenvalue weighted by molar-refractivity contribution is 9.10. The van der Waals surface area contributed by atoms with E-state index in [9.17, 15) is 8.42 Å². The average Bonchev–Trinajstić information content (AvgIpc) is 2.33. The van der Waals surface area contributed by atoms with Gasteiger partial charge in [-0.1, -0.05) is 33.6 Å². The van der Waals surface area contributed by atoms with Gasteiger partial charge in [-0.2, -0.15) is 0 Å². The Kier molecular flexibility index (Phi) is 4.27. The molecule has 0 bridgehead atoms. The summed E-state index contributed by atoms with van der Waals surface area (Å²) in [7, 11) is -3.78. The predicted molar refractivity (Wildman–Crippen MR) is 85.6 cm³/mol. The van der Waals surface area contributed by atoms with E-state index in [1.807, 2.05) is 6.92 Å². The fourth-order valence-electron chi connectivity index (χ4n) is 1.69. The lowest BCUT2D eigenvalue weighted by molar-refractivity contribution is 0.601. The normalized spacial score (nSPS) is 11.3. The third-order valence-corrected chi connectivity index (χ3v) is 4.89. The Balaban J connectivity index is 2.43. The number of nitrogens with two attached hydrogens (primary N) is 1. The fourth-order valence-corrected chi connectivity index (χ4v) is 3.45. The van der Waals surface area contributed by atoms with Crippen LogP contribution in [0.4, 0.5) is 11.4 Å². The number of anilines is 2. The predicted octanol–water partition coefficient (Wildman–Crippen LogP) is 3.79. The topological polar surface area (TPSA) is 72.2 Å². The average molecular weight is 376 g/mol. The van der Waals surface area contributed by atoms with Crippen LogP contribution in [0, 0.1) is 6.92 Å². The molecule has 7 heteroatoms. The lowest BCUT2D eigenvalue weighted by Crippen LogP contribution is -2.15. The minimum Gasteiger partial charge on any atom is -0.398 e. The molecule has 0 aromatic heterocycles. The van der Waals surface area contributed by atoms with Crippen molar-refractivity contribution in [3.8, 4) is 0 Å². The molecule has 0 aliphatic rings. The van der Waals surface area contributed by atoms with Gasteiger partial charge in [-0.3, -0.25) is 4.72 Å². The number of nitrogens with one attached hydrogen (secondary N) is 1. The summed E-state index contributed by atoms with van der Waals surface area (Å²) in [5.41, 5.74) is 7.15. The van der Waals surface area contributed by atoms with E-state index in [0.717, 1.165) is 10.0 Å². The zero-order valence-electron chi connectivity index (χ0n) is 10.5. The van der Waals surface area contributed by atoms with Crippen LogP contribution in [0.25, 0.3) is 0 Å². The number of hydrogen-bond acceptors (Lipinski definition) is 3. The molecule has 2 aromatic carbocycles. The zero-order valence-corrected chi connectivity index (χ0v) is 13.7. The summed E-state index contributed by atoms with van der Waals surface area (Å²) in [6.07, 6.45) is 0. The monoisotopic (exact) mass is 374 g/mol.